The van der Waals surface area contributed by atoms with E-state index in [-0.39, 0.29) is 23.8 Å². The molecular formula is C15H28FN3O6. The van der Waals surface area contributed by atoms with Crippen molar-refractivity contribution in [2.24, 2.45) is 0 Å². The minimum atomic E-state index is 0. The van der Waals surface area contributed by atoms with Gasteiger partial charge in [-0.3, -0.25) is 4.70 Å². The zero-order valence-corrected chi connectivity index (χ0v) is 13.9. The fraction of sp³-hybridized carbons (Fsp3) is 0.333. The van der Waals surface area contributed by atoms with Crippen LogP contribution in [0.4, 0.5) is 4.70 Å². The van der Waals surface area contributed by atoms with Crippen molar-refractivity contribution in [2.45, 2.75) is 35.1 Å². The molecule has 25 heavy (non-hydrogen) atoms. The maximum Gasteiger partial charge on any atom is 0 e. The van der Waals surface area contributed by atoms with Crippen LogP contribution in [0, 0.1) is 81.9 Å². The Kier molecular flexibility index (Phi) is 2040. The molecule has 0 radical (unpaired) electrons. The third-order valence-electron chi connectivity index (χ3n) is 0.447. The SMILES string of the molecule is C.C#C.C#CC.C#CC#CC.CC#CC.F.N.N#N.O.O=O.OOO. The van der Waals surface area contributed by atoms with E-state index in [0.29, 0.717) is 0 Å². The molecule has 0 aliphatic rings. The molecule has 0 aromatic carbocycles. The summed E-state index contributed by atoms with van der Waals surface area (Å²) in [5, 5.41) is 27.5. The van der Waals surface area contributed by atoms with Crippen LogP contribution in [-0.2, 0) is 5.04 Å². The molecule has 10 heteroatoms. The smallest absolute Gasteiger partial charge is 0 e. The van der Waals surface area contributed by atoms with Crippen LogP contribution in [0.2, 0.25) is 0 Å². The molecule has 0 unspecified atom stereocenters. The average Bonchev–Trinajstić information content (AvgIpc) is 2.56. The van der Waals surface area contributed by atoms with E-state index in [9.17, 15) is 0 Å². The van der Waals surface area contributed by atoms with Gasteiger partial charge in [0, 0.05) is 20.7 Å². The van der Waals surface area contributed by atoms with Gasteiger partial charge in [0.2, 0.25) is 0 Å². The van der Waals surface area contributed by atoms with E-state index < -0.39 is 0 Å². The van der Waals surface area contributed by atoms with Gasteiger partial charge in [0.1, 0.15) is 0 Å². The van der Waals surface area contributed by atoms with E-state index in [1.165, 1.54) is 0 Å². The number of halogens is 1. The second-order valence-corrected chi connectivity index (χ2v) is 1.39. The molecule has 0 spiro atoms. The number of hydrogen-bond donors (Lipinski definition) is 3. The second-order valence-electron chi connectivity index (χ2n) is 1.39. The molecule has 0 aliphatic carbocycles. The van der Waals surface area contributed by atoms with E-state index in [0.717, 1.165) is 0 Å². The van der Waals surface area contributed by atoms with Crippen LogP contribution in [-0.4, -0.2) is 16.0 Å². The third-order valence-corrected chi connectivity index (χ3v) is 0.447. The van der Waals surface area contributed by atoms with Crippen molar-refractivity contribution in [3.05, 3.63) is 9.93 Å². The molecule has 0 amide bonds. The molecule has 0 aliphatic heterocycles. The molecule has 0 rings (SSSR count). The van der Waals surface area contributed by atoms with Crippen molar-refractivity contribution in [3.8, 4) is 61.2 Å². The molecule has 0 bridgehead atoms. The Balaban J connectivity index is -0.0000000102. The van der Waals surface area contributed by atoms with Crippen molar-refractivity contribution in [2.75, 3.05) is 0 Å². The van der Waals surface area contributed by atoms with Gasteiger partial charge in [0.15, 0.2) is 0 Å². The van der Waals surface area contributed by atoms with E-state index in [4.69, 9.17) is 37.7 Å². The zero-order valence-electron chi connectivity index (χ0n) is 13.9. The monoisotopic (exact) mass is 365 g/mol. The summed E-state index contributed by atoms with van der Waals surface area (Å²) < 4.78 is 0. The first-order valence-electron chi connectivity index (χ1n) is 4.39. The van der Waals surface area contributed by atoms with Crippen LogP contribution in [0.25, 0.3) is 0 Å². The minimum absolute atomic E-state index is 0. The van der Waals surface area contributed by atoms with Gasteiger partial charge in [-0.05, 0) is 39.5 Å². The van der Waals surface area contributed by atoms with Gasteiger partial charge in [-0.2, -0.15) is 0 Å². The Morgan fingerprint density at radius 1 is 0.880 bits per heavy atom. The van der Waals surface area contributed by atoms with Crippen LogP contribution in [0.15, 0.2) is 0 Å². The Hall–Kier alpha value is -3.45. The van der Waals surface area contributed by atoms with Crippen LogP contribution in [0.1, 0.15) is 35.1 Å². The highest BCUT2D eigenvalue weighted by Crippen LogP contribution is 1.41. The van der Waals surface area contributed by atoms with Gasteiger partial charge in [-0.15, -0.1) is 43.5 Å². The summed E-state index contributed by atoms with van der Waals surface area (Å²) in [6, 6.07) is 0. The largest absolute Gasteiger partial charge is 0.412 e. The van der Waals surface area contributed by atoms with Crippen molar-refractivity contribution in [1.29, 1.82) is 10.8 Å². The van der Waals surface area contributed by atoms with Gasteiger partial charge >= 0.3 is 0 Å². The van der Waals surface area contributed by atoms with Crippen molar-refractivity contribution >= 4 is 0 Å². The standard InChI is InChI=1S/C5H4.C4H6.C3H4.C2H2.CH4.FH.N2.H3N.H2O3.O2.H2O/c1-3-5-4-2;1-3-4-2;1-3-2;1-2;;;1-2;;1-3-2;1-2;/h1H,2H3;1-2H3;1H,2H3;1-2H;1H4;1H;;1H3;1-2H;;1H2. The fourth-order valence-corrected chi connectivity index (χ4v) is 0.0722. The predicted molar refractivity (Wildman–Crippen MR) is 100 cm³/mol. The van der Waals surface area contributed by atoms with Crippen LogP contribution < -0.4 is 6.15 Å². The quantitative estimate of drug-likeness (QED) is 0.252. The maximum atomic E-state index is 7.00. The lowest BCUT2D eigenvalue weighted by atomic mass is 10.6. The first-order valence-corrected chi connectivity index (χ1v) is 4.39. The first-order chi connectivity index (χ1) is 10.2. The fourth-order valence-electron chi connectivity index (χ4n) is 0.0722. The topological polar surface area (TPSA) is 198 Å². The summed E-state index contributed by atoms with van der Waals surface area (Å²) in [5.41, 5.74) is 0. The maximum absolute atomic E-state index is 7.00. The van der Waals surface area contributed by atoms with Gasteiger partial charge in [0.25, 0.3) is 0 Å². The van der Waals surface area contributed by atoms with E-state index >= 15 is 0 Å². The van der Waals surface area contributed by atoms with Crippen molar-refractivity contribution < 1.29 is 25.7 Å². The Bertz CT molecular complexity index is 367. The highest BCUT2D eigenvalue weighted by Gasteiger charge is 1.35. The molecule has 0 saturated heterocycles. The molecule has 0 aromatic heterocycles. The molecule has 0 saturated carbocycles. The molecular weight excluding hydrogens is 337 g/mol. The predicted octanol–water partition coefficient (Wildman–Crippen LogP) is 2.73. The number of rotatable bonds is 0. The van der Waals surface area contributed by atoms with E-state index in [1.54, 1.807) is 13.8 Å². The Morgan fingerprint density at radius 3 is 1.04 bits per heavy atom. The van der Waals surface area contributed by atoms with E-state index in [2.05, 4.69) is 59.8 Å². The molecule has 0 atom stereocenters. The number of terminal acetylenes is 3. The summed E-state index contributed by atoms with van der Waals surface area (Å²) in [6.07, 6.45) is 17.3. The summed E-state index contributed by atoms with van der Waals surface area (Å²) >= 11 is 0. The summed E-state index contributed by atoms with van der Waals surface area (Å²) in [4.78, 5) is 14.0. The lowest BCUT2D eigenvalue weighted by molar-refractivity contribution is -0.465. The molecule has 0 fully saturated rings. The third kappa shape index (κ3) is 34900. The minimum Gasteiger partial charge on any atom is -0.412 e. The first kappa shape index (κ1) is 81.8. The van der Waals surface area contributed by atoms with Crippen LogP contribution in [0.5, 0.6) is 0 Å². The molecule has 146 valence electrons. The van der Waals surface area contributed by atoms with Crippen LogP contribution in [0.3, 0.4) is 0 Å². The Labute approximate surface area is 149 Å². The summed E-state index contributed by atoms with van der Waals surface area (Å²) in [6.45, 7) is 7.00. The average molecular weight is 365 g/mol. The Morgan fingerprint density at radius 2 is 1.04 bits per heavy atom. The molecule has 9 nitrogen and oxygen atoms in total. The molecule has 0 heterocycles. The van der Waals surface area contributed by atoms with Gasteiger partial charge in [-0.25, -0.2) is 10.5 Å². The van der Waals surface area contributed by atoms with Crippen molar-refractivity contribution in [1.82, 2.24) is 6.15 Å². The molecule has 7 N–H and O–H groups in total. The number of hydrogen-bond acceptors (Lipinski definition) is 8. The lowest BCUT2D eigenvalue weighted by Crippen LogP contribution is -1.60. The summed E-state index contributed by atoms with van der Waals surface area (Å²) in [5.74, 6) is 14.7. The number of nitrogens with zero attached hydrogens (tertiary/aromatic N) is 2. The van der Waals surface area contributed by atoms with E-state index in [1.807, 2.05) is 13.8 Å². The van der Waals surface area contributed by atoms with Crippen molar-refractivity contribution in [3.63, 3.8) is 0 Å². The van der Waals surface area contributed by atoms with Crippen LogP contribution >= 0.6 is 0 Å². The van der Waals surface area contributed by atoms with Gasteiger partial charge < -0.3 is 11.6 Å². The summed E-state index contributed by atoms with van der Waals surface area (Å²) in [7, 11) is 0. The van der Waals surface area contributed by atoms with Gasteiger partial charge in [0.05, 0.1) is 0 Å². The second kappa shape index (κ2) is 623. The zero-order chi connectivity index (χ0) is 18.9. The normalized spacial score (nSPS) is 2.56. The molecule has 0 aromatic rings. The lowest BCUT2D eigenvalue weighted by Gasteiger charge is -1.56. The highest BCUT2D eigenvalue weighted by atomic mass is 19.0. The van der Waals surface area contributed by atoms with Gasteiger partial charge in [-0.1, -0.05) is 18.4 Å². The highest BCUT2D eigenvalue weighted by molar-refractivity contribution is 5.20.